The number of carbonyl (C=O) groups is 2. The van der Waals surface area contributed by atoms with Gasteiger partial charge in [-0.3, -0.25) is 9.59 Å². The van der Waals surface area contributed by atoms with Gasteiger partial charge in [-0.05, 0) is 79.6 Å². The van der Waals surface area contributed by atoms with Crippen molar-refractivity contribution < 1.29 is 19.1 Å². The molecular weight excluding hydrogens is 486 g/mol. The molecule has 1 aromatic heterocycles. The van der Waals surface area contributed by atoms with Gasteiger partial charge in [-0.1, -0.05) is 18.2 Å². The monoisotopic (exact) mass is 519 g/mol. The molecule has 1 aliphatic rings. The van der Waals surface area contributed by atoms with Crippen LogP contribution in [0.4, 0.5) is 5.69 Å². The van der Waals surface area contributed by atoms with E-state index < -0.39 is 5.91 Å². The zero-order chi connectivity index (χ0) is 26.2. The number of carbonyl (C=O) groups excluding carboxylic acids is 2. The zero-order valence-electron chi connectivity index (χ0n) is 21.5. The Bertz CT molecular complexity index is 1230. The van der Waals surface area contributed by atoms with Crippen molar-refractivity contribution in [2.24, 2.45) is 0 Å². The smallest absolute Gasteiger partial charge is 0.268 e. The van der Waals surface area contributed by atoms with Gasteiger partial charge in [-0.15, -0.1) is 11.3 Å². The number of nitrogens with zero attached hydrogens (tertiary/aromatic N) is 1. The Hall–Kier alpha value is -3.78. The number of rotatable bonds is 9. The maximum atomic E-state index is 13.3. The fraction of sp³-hybridized carbons (Fsp3) is 0.310. The largest absolute Gasteiger partial charge is 0.493 e. The Labute approximate surface area is 222 Å². The van der Waals surface area contributed by atoms with Gasteiger partial charge >= 0.3 is 0 Å². The minimum absolute atomic E-state index is 0.166. The van der Waals surface area contributed by atoms with Crippen LogP contribution in [-0.4, -0.2) is 39.1 Å². The van der Waals surface area contributed by atoms with Crippen molar-refractivity contribution in [3.63, 3.8) is 0 Å². The highest BCUT2D eigenvalue weighted by atomic mass is 32.1. The van der Waals surface area contributed by atoms with E-state index in [-0.39, 0.29) is 17.6 Å². The van der Waals surface area contributed by atoms with Crippen molar-refractivity contribution in [2.75, 3.05) is 32.2 Å². The Morgan fingerprint density at radius 2 is 1.70 bits per heavy atom. The van der Waals surface area contributed by atoms with Crippen LogP contribution in [0.25, 0.3) is 6.08 Å². The Morgan fingerprint density at radius 1 is 0.973 bits per heavy atom. The predicted molar refractivity (Wildman–Crippen MR) is 148 cm³/mol. The predicted octanol–water partition coefficient (Wildman–Crippen LogP) is 5.40. The fourth-order valence-corrected chi connectivity index (χ4v) is 4.99. The van der Waals surface area contributed by atoms with Crippen molar-refractivity contribution in [2.45, 2.75) is 32.2 Å². The quantitative estimate of drug-likeness (QED) is 0.370. The maximum Gasteiger partial charge on any atom is 0.268 e. The van der Waals surface area contributed by atoms with E-state index in [2.05, 4.69) is 39.8 Å². The fourth-order valence-electron chi connectivity index (χ4n) is 4.33. The molecule has 2 aromatic carbocycles. The standard InChI is InChI=1S/C29H33N3O4S/c1-20(21-9-12-23(13-10-21)32-15-5-4-6-16-32)30-29(34)25(19-24-8-7-17-37-24)31-28(33)22-11-14-26(35-2)27(18-22)36-3/h7-14,17-20H,4-6,15-16H2,1-3H3,(H,30,34)(H,31,33)/b25-19-. The van der Waals surface area contributed by atoms with Gasteiger partial charge < -0.3 is 25.0 Å². The third-order valence-corrected chi connectivity index (χ3v) is 7.25. The first-order chi connectivity index (χ1) is 18.0. The average Bonchev–Trinajstić information content (AvgIpc) is 3.46. The van der Waals surface area contributed by atoms with Crippen molar-refractivity contribution in [1.82, 2.24) is 10.6 Å². The van der Waals surface area contributed by atoms with Crippen molar-refractivity contribution >= 4 is 34.9 Å². The van der Waals surface area contributed by atoms with E-state index in [0.717, 1.165) is 23.5 Å². The molecule has 1 fully saturated rings. The van der Waals surface area contributed by atoms with Gasteiger partial charge in [-0.2, -0.15) is 0 Å². The Kier molecular flexibility index (Phi) is 8.85. The van der Waals surface area contributed by atoms with Gasteiger partial charge in [0.15, 0.2) is 11.5 Å². The van der Waals surface area contributed by atoms with Gasteiger partial charge in [0.2, 0.25) is 0 Å². The Balaban J connectivity index is 1.48. The van der Waals surface area contributed by atoms with Crippen LogP contribution in [0.15, 0.2) is 65.7 Å². The van der Waals surface area contributed by atoms with Crippen molar-refractivity contribution in [3.8, 4) is 11.5 Å². The normalized spacial score (nSPS) is 14.6. The van der Waals surface area contributed by atoms with Crippen LogP contribution >= 0.6 is 11.3 Å². The van der Waals surface area contributed by atoms with E-state index in [4.69, 9.17) is 9.47 Å². The molecule has 0 aliphatic carbocycles. The second-order valence-electron chi connectivity index (χ2n) is 8.93. The molecule has 37 heavy (non-hydrogen) atoms. The van der Waals surface area contributed by atoms with E-state index >= 15 is 0 Å². The van der Waals surface area contributed by atoms with Crippen LogP contribution in [0.1, 0.15) is 53.0 Å². The van der Waals surface area contributed by atoms with E-state index in [1.807, 2.05) is 24.4 Å². The Morgan fingerprint density at radius 3 is 2.35 bits per heavy atom. The SMILES string of the molecule is COc1ccc(C(=O)N/C(=C\c2cccs2)C(=O)NC(C)c2ccc(N3CCCCC3)cc2)cc1OC. The highest BCUT2D eigenvalue weighted by Gasteiger charge is 2.19. The summed E-state index contributed by atoms with van der Waals surface area (Å²) in [6.45, 7) is 4.11. The molecular formula is C29H33N3O4S. The number of hydrogen-bond acceptors (Lipinski definition) is 6. The van der Waals surface area contributed by atoms with Crippen LogP contribution in [-0.2, 0) is 4.79 Å². The molecule has 0 saturated carbocycles. The lowest BCUT2D eigenvalue weighted by atomic mass is 10.1. The molecule has 2 N–H and O–H groups in total. The molecule has 1 aliphatic heterocycles. The molecule has 194 valence electrons. The van der Waals surface area contributed by atoms with Crippen LogP contribution in [0.2, 0.25) is 0 Å². The minimum atomic E-state index is -0.419. The highest BCUT2D eigenvalue weighted by Crippen LogP contribution is 2.28. The molecule has 4 rings (SSSR count). The van der Waals surface area contributed by atoms with Crippen molar-refractivity contribution in [3.05, 3.63) is 81.7 Å². The number of piperidine rings is 1. The summed E-state index contributed by atoms with van der Waals surface area (Å²) >= 11 is 1.48. The average molecular weight is 520 g/mol. The summed E-state index contributed by atoms with van der Waals surface area (Å²) in [7, 11) is 3.04. The molecule has 0 radical (unpaired) electrons. The molecule has 0 spiro atoms. The molecule has 1 saturated heterocycles. The number of amides is 2. The lowest BCUT2D eigenvalue weighted by Crippen LogP contribution is -2.36. The van der Waals surface area contributed by atoms with E-state index in [9.17, 15) is 9.59 Å². The zero-order valence-corrected chi connectivity index (χ0v) is 22.3. The summed E-state index contributed by atoms with van der Waals surface area (Å²) in [4.78, 5) is 29.6. The maximum absolute atomic E-state index is 13.3. The van der Waals surface area contributed by atoms with Gasteiger partial charge in [0.1, 0.15) is 5.70 Å². The molecule has 8 heteroatoms. The summed E-state index contributed by atoms with van der Waals surface area (Å²) in [6.07, 6.45) is 5.43. The summed E-state index contributed by atoms with van der Waals surface area (Å²) < 4.78 is 10.6. The van der Waals surface area contributed by atoms with E-state index in [1.165, 1.54) is 50.5 Å². The van der Waals surface area contributed by atoms with Crippen LogP contribution < -0.4 is 25.0 Å². The number of hydrogen-bond donors (Lipinski definition) is 2. The van der Waals surface area contributed by atoms with Gasteiger partial charge in [0.05, 0.1) is 20.3 Å². The molecule has 3 aromatic rings. The molecule has 7 nitrogen and oxygen atoms in total. The van der Waals surface area contributed by atoms with Crippen molar-refractivity contribution in [1.29, 1.82) is 0 Å². The number of benzene rings is 2. The lowest BCUT2D eigenvalue weighted by molar-refractivity contribution is -0.118. The number of anilines is 1. The second kappa shape index (κ2) is 12.5. The molecule has 0 bridgehead atoms. The number of ether oxygens (including phenoxy) is 2. The number of thiophene rings is 1. The van der Waals surface area contributed by atoms with Crippen LogP contribution in [0.5, 0.6) is 11.5 Å². The summed E-state index contributed by atoms with van der Waals surface area (Å²) in [5, 5.41) is 7.73. The third kappa shape index (κ3) is 6.71. The van der Waals surface area contributed by atoms with Crippen LogP contribution in [0, 0.1) is 0 Å². The first kappa shape index (κ1) is 26.3. The minimum Gasteiger partial charge on any atom is -0.493 e. The molecule has 2 heterocycles. The van der Waals surface area contributed by atoms with Gasteiger partial charge in [0.25, 0.3) is 11.8 Å². The first-order valence-electron chi connectivity index (χ1n) is 12.4. The first-order valence-corrected chi connectivity index (χ1v) is 13.3. The number of nitrogens with one attached hydrogen (secondary N) is 2. The number of methoxy groups -OCH3 is 2. The van der Waals surface area contributed by atoms with E-state index in [0.29, 0.717) is 17.1 Å². The summed E-state index contributed by atoms with van der Waals surface area (Å²) in [6, 6.07) is 16.8. The van der Waals surface area contributed by atoms with Gasteiger partial charge in [0, 0.05) is 29.2 Å². The molecule has 1 unspecified atom stereocenters. The van der Waals surface area contributed by atoms with Gasteiger partial charge in [-0.25, -0.2) is 0 Å². The second-order valence-corrected chi connectivity index (χ2v) is 9.91. The van der Waals surface area contributed by atoms with Crippen LogP contribution in [0.3, 0.4) is 0 Å². The van der Waals surface area contributed by atoms with E-state index in [1.54, 1.807) is 24.3 Å². The molecule has 2 amide bonds. The lowest BCUT2D eigenvalue weighted by Gasteiger charge is -2.29. The summed E-state index contributed by atoms with van der Waals surface area (Å²) in [5.41, 5.74) is 2.72. The topological polar surface area (TPSA) is 79.9 Å². The molecule has 1 atom stereocenters. The summed E-state index contributed by atoms with van der Waals surface area (Å²) in [5.74, 6) is 0.170. The third-order valence-electron chi connectivity index (χ3n) is 6.43. The highest BCUT2D eigenvalue weighted by molar-refractivity contribution is 7.10.